The van der Waals surface area contributed by atoms with E-state index in [2.05, 4.69) is 17.3 Å². The van der Waals surface area contributed by atoms with Crippen LogP contribution in [-0.4, -0.2) is 42.0 Å². The highest BCUT2D eigenvalue weighted by molar-refractivity contribution is 5.82. The number of piperidine rings is 2. The van der Waals surface area contributed by atoms with Gasteiger partial charge in [0.1, 0.15) is 0 Å². The van der Waals surface area contributed by atoms with Crippen molar-refractivity contribution in [1.29, 1.82) is 0 Å². The van der Waals surface area contributed by atoms with E-state index in [4.69, 9.17) is 5.73 Å². The van der Waals surface area contributed by atoms with Crippen molar-refractivity contribution in [3.63, 3.8) is 0 Å². The highest BCUT2D eigenvalue weighted by Crippen LogP contribution is 2.32. The summed E-state index contributed by atoms with van der Waals surface area (Å²) >= 11 is 0. The second-order valence-corrected chi connectivity index (χ2v) is 6.35. The second-order valence-electron chi connectivity index (χ2n) is 6.35. The molecule has 18 heavy (non-hydrogen) atoms. The molecule has 0 aromatic carbocycles. The van der Waals surface area contributed by atoms with E-state index in [0.29, 0.717) is 18.1 Å². The lowest BCUT2D eigenvalue weighted by atomic mass is 9.82. The third kappa shape index (κ3) is 2.86. The van der Waals surface area contributed by atoms with Crippen LogP contribution in [0.3, 0.4) is 0 Å². The number of hydrogen-bond acceptors (Lipinski definition) is 3. The molecule has 3 atom stereocenters. The van der Waals surface area contributed by atoms with Gasteiger partial charge in [-0.25, -0.2) is 0 Å². The standard InChI is InChI=1S/C14H27N3O/c1-9(2)13(15)14(18)16-10-7-11-5-4-6-12(8-10)17(11)3/h9-13H,4-8,15H2,1-3H3,(H,16,18). The smallest absolute Gasteiger partial charge is 0.237 e. The molecule has 3 N–H and O–H groups in total. The second kappa shape index (κ2) is 5.57. The van der Waals surface area contributed by atoms with Crippen molar-refractivity contribution in [1.82, 2.24) is 10.2 Å². The molecule has 2 rings (SSSR count). The minimum absolute atomic E-state index is 0.0256. The van der Waals surface area contributed by atoms with Gasteiger partial charge in [-0.2, -0.15) is 0 Å². The van der Waals surface area contributed by atoms with Gasteiger partial charge in [-0.05, 0) is 38.6 Å². The van der Waals surface area contributed by atoms with Crippen molar-refractivity contribution in [2.24, 2.45) is 11.7 Å². The molecule has 0 spiro atoms. The zero-order valence-electron chi connectivity index (χ0n) is 11.9. The first-order valence-corrected chi connectivity index (χ1v) is 7.27. The van der Waals surface area contributed by atoms with Gasteiger partial charge >= 0.3 is 0 Å². The average molecular weight is 253 g/mol. The Morgan fingerprint density at radius 2 is 1.83 bits per heavy atom. The number of carbonyl (C=O) groups is 1. The summed E-state index contributed by atoms with van der Waals surface area (Å²) < 4.78 is 0. The molecule has 0 saturated carbocycles. The number of fused-ring (bicyclic) bond motifs is 2. The van der Waals surface area contributed by atoms with E-state index in [9.17, 15) is 4.79 Å². The fourth-order valence-corrected chi connectivity index (χ4v) is 3.33. The summed E-state index contributed by atoms with van der Waals surface area (Å²) in [7, 11) is 2.23. The van der Waals surface area contributed by atoms with E-state index in [1.807, 2.05) is 13.8 Å². The van der Waals surface area contributed by atoms with Gasteiger partial charge in [-0.3, -0.25) is 4.79 Å². The normalized spacial score (nSPS) is 34.4. The number of rotatable bonds is 3. The number of carbonyl (C=O) groups excluding carboxylic acids is 1. The zero-order chi connectivity index (χ0) is 13.3. The number of nitrogens with two attached hydrogens (primary N) is 1. The van der Waals surface area contributed by atoms with Crippen LogP contribution in [0, 0.1) is 5.92 Å². The molecule has 2 bridgehead atoms. The van der Waals surface area contributed by atoms with Gasteiger partial charge < -0.3 is 16.0 Å². The molecule has 2 fully saturated rings. The summed E-state index contributed by atoms with van der Waals surface area (Å²) in [6, 6.07) is 1.26. The van der Waals surface area contributed by atoms with E-state index in [0.717, 1.165) is 12.8 Å². The van der Waals surface area contributed by atoms with Crippen LogP contribution in [0.5, 0.6) is 0 Å². The van der Waals surface area contributed by atoms with Crippen molar-refractivity contribution in [2.75, 3.05) is 7.05 Å². The molecular formula is C14H27N3O. The number of nitrogens with zero attached hydrogens (tertiary/aromatic N) is 1. The molecule has 3 unspecified atom stereocenters. The summed E-state index contributed by atoms with van der Waals surface area (Å²) in [5, 5.41) is 3.16. The van der Waals surface area contributed by atoms with Crippen molar-refractivity contribution >= 4 is 5.91 Å². The zero-order valence-corrected chi connectivity index (χ0v) is 11.9. The predicted molar refractivity (Wildman–Crippen MR) is 73.2 cm³/mol. The maximum Gasteiger partial charge on any atom is 0.237 e. The molecule has 104 valence electrons. The largest absolute Gasteiger partial charge is 0.352 e. The number of amides is 1. The Morgan fingerprint density at radius 1 is 1.28 bits per heavy atom. The van der Waals surface area contributed by atoms with Crippen LogP contribution in [0.2, 0.25) is 0 Å². The van der Waals surface area contributed by atoms with Crippen LogP contribution in [0.4, 0.5) is 0 Å². The molecule has 1 amide bonds. The lowest BCUT2D eigenvalue weighted by molar-refractivity contribution is -0.124. The van der Waals surface area contributed by atoms with Crippen LogP contribution < -0.4 is 11.1 Å². The van der Waals surface area contributed by atoms with Crippen LogP contribution in [0.25, 0.3) is 0 Å². The Balaban J connectivity index is 1.90. The van der Waals surface area contributed by atoms with E-state index >= 15 is 0 Å². The Morgan fingerprint density at radius 3 is 2.33 bits per heavy atom. The highest BCUT2D eigenvalue weighted by atomic mass is 16.2. The third-order valence-corrected chi connectivity index (χ3v) is 4.71. The topological polar surface area (TPSA) is 58.4 Å². The molecule has 2 saturated heterocycles. The van der Waals surface area contributed by atoms with Crippen LogP contribution in [0.1, 0.15) is 46.0 Å². The molecule has 4 nitrogen and oxygen atoms in total. The van der Waals surface area contributed by atoms with Crippen LogP contribution in [-0.2, 0) is 4.79 Å². The average Bonchev–Trinajstić information content (AvgIpc) is 2.29. The molecule has 2 aliphatic heterocycles. The van der Waals surface area contributed by atoms with Crippen molar-refractivity contribution < 1.29 is 4.79 Å². The molecule has 2 heterocycles. The number of hydrogen-bond donors (Lipinski definition) is 2. The third-order valence-electron chi connectivity index (χ3n) is 4.71. The number of nitrogens with one attached hydrogen (secondary N) is 1. The van der Waals surface area contributed by atoms with Gasteiger partial charge in [-0.15, -0.1) is 0 Å². The lowest BCUT2D eigenvalue weighted by Gasteiger charge is -2.47. The fraction of sp³-hybridized carbons (Fsp3) is 0.929. The lowest BCUT2D eigenvalue weighted by Crippen LogP contribution is -2.57. The van der Waals surface area contributed by atoms with Gasteiger partial charge in [0.05, 0.1) is 6.04 Å². The Kier molecular flexibility index (Phi) is 4.28. The Labute approximate surface area is 110 Å². The minimum atomic E-state index is -0.371. The van der Waals surface area contributed by atoms with Gasteiger partial charge in [0.2, 0.25) is 5.91 Å². The van der Waals surface area contributed by atoms with Gasteiger partial charge in [0, 0.05) is 18.1 Å². The summed E-state index contributed by atoms with van der Waals surface area (Å²) in [6.07, 6.45) is 6.06. The summed E-state index contributed by atoms with van der Waals surface area (Å²) in [5.74, 6) is 0.230. The van der Waals surface area contributed by atoms with Crippen molar-refractivity contribution in [3.8, 4) is 0 Å². The van der Waals surface area contributed by atoms with E-state index in [-0.39, 0.29) is 17.9 Å². The monoisotopic (exact) mass is 253 g/mol. The first-order chi connectivity index (χ1) is 8.49. The molecule has 0 radical (unpaired) electrons. The Hall–Kier alpha value is -0.610. The Bertz CT molecular complexity index is 291. The van der Waals surface area contributed by atoms with E-state index in [1.54, 1.807) is 0 Å². The van der Waals surface area contributed by atoms with Crippen molar-refractivity contribution in [3.05, 3.63) is 0 Å². The summed E-state index contributed by atoms with van der Waals surface area (Å²) in [5.41, 5.74) is 5.90. The molecule has 2 aliphatic rings. The first-order valence-electron chi connectivity index (χ1n) is 7.27. The van der Waals surface area contributed by atoms with Gasteiger partial charge in [0.15, 0.2) is 0 Å². The SMILES string of the molecule is CC(C)C(N)C(=O)NC1CC2CCCC(C1)N2C. The molecule has 4 heteroatoms. The first kappa shape index (κ1) is 13.8. The molecule has 0 aliphatic carbocycles. The molecule has 0 aromatic heterocycles. The van der Waals surface area contributed by atoms with Crippen molar-refractivity contribution in [2.45, 2.75) is 70.1 Å². The highest BCUT2D eigenvalue weighted by Gasteiger charge is 2.36. The molecular weight excluding hydrogens is 226 g/mol. The quantitative estimate of drug-likeness (QED) is 0.792. The van der Waals surface area contributed by atoms with Gasteiger partial charge in [0.25, 0.3) is 0 Å². The summed E-state index contributed by atoms with van der Waals surface area (Å²) in [6.45, 7) is 3.99. The van der Waals surface area contributed by atoms with Crippen LogP contribution in [0.15, 0.2) is 0 Å². The predicted octanol–water partition coefficient (Wildman–Crippen LogP) is 1.10. The fourth-order valence-electron chi connectivity index (χ4n) is 3.33. The maximum absolute atomic E-state index is 12.0. The van der Waals surface area contributed by atoms with Crippen LogP contribution >= 0.6 is 0 Å². The van der Waals surface area contributed by atoms with Gasteiger partial charge in [-0.1, -0.05) is 20.3 Å². The van der Waals surface area contributed by atoms with E-state index in [1.165, 1.54) is 19.3 Å². The maximum atomic E-state index is 12.0. The molecule has 0 aromatic rings. The summed E-state index contributed by atoms with van der Waals surface area (Å²) in [4.78, 5) is 14.5. The minimum Gasteiger partial charge on any atom is -0.352 e. The van der Waals surface area contributed by atoms with E-state index < -0.39 is 0 Å².